The number of likely N-dealkylation sites (tertiary alicyclic amines) is 1. The van der Waals surface area contributed by atoms with Gasteiger partial charge in [0, 0.05) is 12.9 Å². The molecule has 0 saturated carbocycles. The van der Waals surface area contributed by atoms with Gasteiger partial charge in [0.25, 0.3) is 0 Å². The Labute approximate surface area is 129 Å². The van der Waals surface area contributed by atoms with Crippen LogP contribution in [0.1, 0.15) is 37.4 Å². The molecule has 0 unspecified atom stereocenters. The smallest absolute Gasteiger partial charge is 0.374 e. The summed E-state index contributed by atoms with van der Waals surface area (Å²) < 4.78 is 0. The monoisotopic (exact) mass is 307 g/mol. The molecule has 0 spiro atoms. The predicted molar refractivity (Wildman–Crippen MR) is 63.9 cm³/mol. The molecule has 0 N–H and O–H groups in total. The number of hydrogen-bond acceptors (Lipinski definition) is 3. The second kappa shape index (κ2) is 7.55. The molecule has 0 radical (unpaired) electrons. The van der Waals surface area contributed by atoms with Crippen LogP contribution in [0.4, 0.5) is 0 Å². The van der Waals surface area contributed by atoms with Crippen molar-refractivity contribution in [1.29, 1.82) is 0 Å². The van der Waals surface area contributed by atoms with E-state index in [4.69, 9.17) is 0 Å². The SMILES string of the molecule is CCC1CCN(Cc2cn[c-]nc2C)CC1.[Y+3]. The Balaban J connectivity index is 0.00000144. The van der Waals surface area contributed by atoms with Crippen molar-refractivity contribution in [3.05, 3.63) is 23.8 Å². The Morgan fingerprint density at radius 1 is 1.41 bits per heavy atom. The van der Waals surface area contributed by atoms with E-state index in [1.807, 2.05) is 13.1 Å². The van der Waals surface area contributed by atoms with E-state index >= 15 is 0 Å². The molecule has 0 aliphatic carbocycles. The van der Waals surface area contributed by atoms with Gasteiger partial charge < -0.3 is 14.9 Å². The van der Waals surface area contributed by atoms with Gasteiger partial charge in [-0.15, -0.1) is 5.56 Å². The Morgan fingerprint density at radius 2 is 2.12 bits per heavy atom. The molecule has 0 bridgehead atoms. The van der Waals surface area contributed by atoms with Gasteiger partial charge in [-0.25, -0.2) is 0 Å². The number of hydrogen-bond donors (Lipinski definition) is 0. The van der Waals surface area contributed by atoms with Crippen LogP contribution in [0, 0.1) is 19.2 Å². The molecule has 0 amide bonds. The van der Waals surface area contributed by atoms with Gasteiger partial charge in [-0.1, -0.05) is 32.2 Å². The van der Waals surface area contributed by atoms with E-state index < -0.39 is 0 Å². The molecule has 1 aliphatic heterocycles. The van der Waals surface area contributed by atoms with Crippen molar-refractivity contribution in [2.75, 3.05) is 13.1 Å². The van der Waals surface area contributed by atoms with Crippen molar-refractivity contribution in [2.24, 2.45) is 5.92 Å². The van der Waals surface area contributed by atoms with Crippen molar-refractivity contribution in [1.82, 2.24) is 14.9 Å². The Morgan fingerprint density at radius 3 is 2.71 bits per heavy atom. The third-order valence-electron chi connectivity index (χ3n) is 3.64. The van der Waals surface area contributed by atoms with E-state index in [1.54, 1.807) is 0 Å². The summed E-state index contributed by atoms with van der Waals surface area (Å²) >= 11 is 0. The van der Waals surface area contributed by atoms with Crippen LogP contribution in [0.3, 0.4) is 0 Å². The summed E-state index contributed by atoms with van der Waals surface area (Å²) in [5.74, 6) is 0.942. The third kappa shape index (κ3) is 4.38. The summed E-state index contributed by atoms with van der Waals surface area (Å²) in [4.78, 5) is 10.6. The van der Waals surface area contributed by atoms with Crippen molar-refractivity contribution in [3.8, 4) is 0 Å². The molecular formula is C13H20N3Y+2. The first-order valence-corrected chi connectivity index (χ1v) is 6.20. The van der Waals surface area contributed by atoms with Gasteiger partial charge in [-0.3, -0.25) is 0 Å². The molecule has 17 heavy (non-hydrogen) atoms. The number of piperidine rings is 1. The minimum Gasteiger partial charge on any atom is -0.374 e. The van der Waals surface area contributed by atoms with Crippen molar-refractivity contribution >= 4 is 0 Å². The van der Waals surface area contributed by atoms with Crippen LogP contribution in [0.25, 0.3) is 0 Å². The second-order valence-electron chi connectivity index (χ2n) is 4.71. The zero-order valence-electron chi connectivity index (χ0n) is 10.8. The van der Waals surface area contributed by atoms with Crippen LogP contribution in [0.15, 0.2) is 6.20 Å². The predicted octanol–water partition coefficient (Wildman–Crippen LogP) is 2.20. The number of rotatable bonds is 3. The topological polar surface area (TPSA) is 29.0 Å². The van der Waals surface area contributed by atoms with Gasteiger partial charge in [0.05, 0.1) is 0 Å². The Hall–Kier alpha value is 0.144. The molecule has 4 heteroatoms. The summed E-state index contributed by atoms with van der Waals surface area (Å²) in [7, 11) is 0. The molecule has 1 aliphatic rings. The van der Waals surface area contributed by atoms with E-state index in [0.29, 0.717) is 0 Å². The van der Waals surface area contributed by atoms with Crippen molar-refractivity contribution in [3.63, 3.8) is 0 Å². The number of aromatic nitrogens is 2. The van der Waals surface area contributed by atoms with Crippen LogP contribution in [0.5, 0.6) is 0 Å². The van der Waals surface area contributed by atoms with Gasteiger partial charge in [0.2, 0.25) is 0 Å². The molecule has 2 heterocycles. The van der Waals surface area contributed by atoms with Crippen molar-refractivity contribution in [2.45, 2.75) is 39.7 Å². The second-order valence-corrected chi connectivity index (χ2v) is 4.71. The van der Waals surface area contributed by atoms with Crippen LogP contribution in [-0.2, 0) is 39.3 Å². The average molecular weight is 307 g/mol. The van der Waals surface area contributed by atoms with Crippen molar-refractivity contribution < 1.29 is 32.7 Å². The van der Waals surface area contributed by atoms with Gasteiger partial charge >= 0.3 is 32.7 Å². The molecule has 3 nitrogen and oxygen atoms in total. The molecule has 1 aromatic rings. The zero-order valence-corrected chi connectivity index (χ0v) is 13.7. The number of nitrogens with zero attached hydrogens (tertiary/aromatic N) is 3. The third-order valence-corrected chi connectivity index (χ3v) is 3.64. The molecule has 0 atom stereocenters. The summed E-state index contributed by atoms with van der Waals surface area (Å²) in [5.41, 5.74) is 2.31. The maximum absolute atomic E-state index is 4.11. The van der Waals surface area contributed by atoms with Gasteiger partial charge in [0.1, 0.15) is 0 Å². The fourth-order valence-corrected chi connectivity index (χ4v) is 2.32. The van der Waals surface area contributed by atoms with E-state index in [2.05, 4.69) is 28.1 Å². The van der Waals surface area contributed by atoms with Gasteiger partial charge in [0.15, 0.2) is 0 Å². The Bertz CT molecular complexity index is 335. The summed E-state index contributed by atoms with van der Waals surface area (Å²) in [6.07, 6.45) is 8.55. The maximum atomic E-state index is 4.11. The first-order valence-electron chi connectivity index (χ1n) is 6.20. The first kappa shape index (κ1) is 15.2. The quantitative estimate of drug-likeness (QED) is 0.802. The minimum atomic E-state index is 0. The van der Waals surface area contributed by atoms with Gasteiger partial charge in [-0.2, -0.15) is 0 Å². The van der Waals surface area contributed by atoms with Crippen LogP contribution < -0.4 is 0 Å². The molecular weight excluding hydrogens is 287 g/mol. The molecule has 1 saturated heterocycles. The summed E-state index contributed by atoms with van der Waals surface area (Å²) in [5, 5.41) is 0. The molecule has 88 valence electrons. The molecule has 2 rings (SSSR count). The molecule has 1 fully saturated rings. The van der Waals surface area contributed by atoms with Gasteiger partial charge in [-0.05, 0) is 31.8 Å². The van der Waals surface area contributed by atoms with E-state index in [-0.39, 0.29) is 32.7 Å². The average Bonchev–Trinajstić information content (AvgIpc) is 2.33. The minimum absolute atomic E-state index is 0. The largest absolute Gasteiger partial charge is 3.00 e. The first-order chi connectivity index (χ1) is 7.79. The fourth-order valence-electron chi connectivity index (χ4n) is 2.32. The van der Waals surface area contributed by atoms with E-state index in [9.17, 15) is 0 Å². The van der Waals surface area contributed by atoms with Crippen LogP contribution in [0.2, 0.25) is 0 Å². The van der Waals surface area contributed by atoms with E-state index in [1.165, 1.54) is 37.9 Å². The summed E-state index contributed by atoms with van der Waals surface area (Å²) in [6.45, 7) is 7.77. The molecule has 1 aromatic heterocycles. The van der Waals surface area contributed by atoms with Crippen LogP contribution in [-0.4, -0.2) is 28.0 Å². The zero-order chi connectivity index (χ0) is 11.4. The summed E-state index contributed by atoms with van der Waals surface area (Å²) in [6, 6.07) is 0. The standard InChI is InChI=1S/C13H20N3.Y/c1-3-12-4-6-16(7-5-12)9-13-8-14-10-15-11(13)2;/h8,12H,3-7,9H2,1-2H3;/q-1;+3. The molecule has 0 aromatic carbocycles. The normalized spacial score (nSPS) is 17.8. The van der Waals surface area contributed by atoms with Crippen LogP contribution >= 0.6 is 0 Å². The Kier molecular flexibility index (Phi) is 6.75. The maximum Gasteiger partial charge on any atom is 3.00 e. The fraction of sp³-hybridized carbons (Fsp3) is 0.692. The number of aryl methyl sites for hydroxylation is 1. The van der Waals surface area contributed by atoms with E-state index in [0.717, 1.165) is 18.2 Å².